The predicted octanol–water partition coefficient (Wildman–Crippen LogP) is 4.20. The van der Waals surface area contributed by atoms with Crippen LogP contribution in [-0.4, -0.2) is 47.7 Å². The van der Waals surface area contributed by atoms with Gasteiger partial charge in [-0.1, -0.05) is 12.1 Å². The maximum atomic E-state index is 12.5. The van der Waals surface area contributed by atoms with Gasteiger partial charge in [-0.25, -0.2) is 9.78 Å². The molecule has 1 saturated heterocycles. The minimum absolute atomic E-state index is 0.181. The highest BCUT2D eigenvalue weighted by molar-refractivity contribution is 7.09. The standard InChI is InChI=1S/C22H29N3O4S/c1-22(2,3)29-21(27)25-11-9-16(10-12-25)20-24-18(14-30-20)19(26)23-13-15-5-7-17(28-4)8-6-15/h5-8,14,16H,9-13H2,1-4H3,(H,23,26). The fraction of sp³-hybridized carbons (Fsp3) is 0.500. The van der Waals surface area contributed by atoms with E-state index in [-0.39, 0.29) is 17.9 Å². The Kier molecular flexibility index (Phi) is 6.97. The zero-order valence-corrected chi connectivity index (χ0v) is 18.8. The van der Waals surface area contributed by atoms with E-state index >= 15 is 0 Å². The largest absolute Gasteiger partial charge is 0.497 e. The highest BCUT2D eigenvalue weighted by Gasteiger charge is 2.29. The Morgan fingerprint density at radius 2 is 1.87 bits per heavy atom. The molecule has 1 N–H and O–H groups in total. The van der Waals surface area contributed by atoms with E-state index in [1.165, 1.54) is 11.3 Å². The molecule has 1 aromatic heterocycles. The number of methoxy groups -OCH3 is 1. The lowest BCUT2D eigenvalue weighted by atomic mass is 9.98. The molecule has 1 fully saturated rings. The van der Waals surface area contributed by atoms with Crippen LogP contribution in [0.15, 0.2) is 29.6 Å². The highest BCUT2D eigenvalue weighted by atomic mass is 32.1. The number of aromatic nitrogens is 1. The zero-order valence-electron chi connectivity index (χ0n) is 17.9. The van der Waals surface area contributed by atoms with E-state index in [2.05, 4.69) is 10.3 Å². The van der Waals surface area contributed by atoms with E-state index < -0.39 is 5.60 Å². The first kappa shape index (κ1) is 22.1. The minimum Gasteiger partial charge on any atom is -0.497 e. The first-order valence-corrected chi connectivity index (χ1v) is 11.0. The molecule has 0 bridgehead atoms. The molecule has 3 rings (SSSR count). The fourth-order valence-corrected chi connectivity index (χ4v) is 4.20. The SMILES string of the molecule is COc1ccc(CNC(=O)c2csc(C3CCN(C(=O)OC(C)(C)C)CC3)n2)cc1. The molecule has 2 amide bonds. The maximum Gasteiger partial charge on any atom is 0.410 e. The van der Waals surface area contributed by atoms with E-state index in [4.69, 9.17) is 9.47 Å². The Morgan fingerprint density at radius 1 is 1.20 bits per heavy atom. The number of nitrogens with one attached hydrogen (secondary N) is 1. The van der Waals surface area contributed by atoms with Crippen molar-refractivity contribution in [2.24, 2.45) is 0 Å². The van der Waals surface area contributed by atoms with E-state index in [0.29, 0.717) is 25.3 Å². The molecule has 0 spiro atoms. The second-order valence-corrected chi connectivity index (χ2v) is 9.23. The second-order valence-electron chi connectivity index (χ2n) is 8.34. The number of nitrogens with zero attached hydrogens (tertiary/aromatic N) is 2. The van der Waals surface area contributed by atoms with Crippen LogP contribution in [0.4, 0.5) is 4.79 Å². The Morgan fingerprint density at radius 3 is 2.47 bits per heavy atom. The number of carbonyl (C=O) groups excluding carboxylic acids is 2. The summed E-state index contributed by atoms with van der Waals surface area (Å²) in [6.07, 6.45) is 1.37. The third kappa shape index (κ3) is 5.95. The molecule has 0 atom stereocenters. The molecule has 1 aliphatic heterocycles. The van der Waals surface area contributed by atoms with Gasteiger partial charge in [0.1, 0.15) is 17.0 Å². The summed E-state index contributed by atoms with van der Waals surface area (Å²) < 4.78 is 10.6. The van der Waals surface area contributed by atoms with Crippen molar-refractivity contribution < 1.29 is 19.1 Å². The van der Waals surface area contributed by atoms with Gasteiger partial charge >= 0.3 is 6.09 Å². The molecule has 1 aromatic carbocycles. The summed E-state index contributed by atoms with van der Waals surface area (Å²) in [6, 6.07) is 7.58. The summed E-state index contributed by atoms with van der Waals surface area (Å²) in [5.74, 6) is 0.864. The van der Waals surface area contributed by atoms with Gasteiger partial charge in [-0.05, 0) is 51.3 Å². The lowest BCUT2D eigenvalue weighted by Crippen LogP contribution is -2.41. The van der Waals surface area contributed by atoms with Crippen molar-refractivity contribution in [3.63, 3.8) is 0 Å². The molecule has 0 radical (unpaired) electrons. The zero-order chi connectivity index (χ0) is 21.7. The van der Waals surface area contributed by atoms with E-state index in [0.717, 1.165) is 29.2 Å². The first-order valence-electron chi connectivity index (χ1n) is 10.1. The minimum atomic E-state index is -0.489. The van der Waals surface area contributed by atoms with Crippen molar-refractivity contribution in [2.75, 3.05) is 20.2 Å². The summed E-state index contributed by atoms with van der Waals surface area (Å²) in [6.45, 7) is 7.32. The highest BCUT2D eigenvalue weighted by Crippen LogP contribution is 2.31. The maximum absolute atomic E-state index is 12.5. The molecule has 162 valence electrons. The monoisotopic (exact) mass is 431 g/mol. The van der Waals surface area contributed by atoms with Crippen molar-refractivity contribution in [2.45, 2.75) is 51.7 Å². The van der Waals surface area contributed by atoms with Gasteiger partial charge in [-0.15, -0.1) is 11.3 Å². The van der Waals surface area contributed by atoms with Gasteiger partial charge in [0.05, 0.1) is 12.1 Å². The molecule has 30 heavy (non-hydrogen) atoms. The topological polar surface area (TPSA) is 80.8 Å². The molecular weight excluding hydrogens is 402 g/mol. The number of likely N-dealkylation sites (tertiary alicyclic amines) is 1. The van der Waals surface area contributed by atoms with Crippen molar-refractivity contribution in [3.05, 3.63) is 45.9 Å². The van der Waals surface area contributed by atoms with Crippen molar-refractivity contribution in [1.29, 1.82) is 0 Å². The van der Waals surface area contributed by atoms with Crippen LogP contribution in [0, 0.1) is 0 Å². The second kappa shape index (κ2) is 9.47. The summed E-state index contributed by atoms with van der Waals surface area (Å²) in [5.41, 5.74) is 0.948. The van der Waals surface area contributed by atoms with Crippen LogP contribution in [0.5, 0.6) is 5.75 Å². The molecule has 2 heterocycles. The number of amides is 2. The third-order valence-electron chi connectivity index (χ3n) is 4.86. The number of rotatable bonds is 5. The number of thiazole rings is 1. The third-order valence-corrected chi connectivity index (χ3v) is 5.87. The lowest BCUT2D eigenvalue weighted by molar-refractivity contribution is 0.0204. The lowest BCUT2D eigenvalue weighted by Gasteiger charge is -2.32. The number of hydrogen-bond acceptors (Lipinski definition) is 6. The van der Waals surface area contributed by atoms with Crippen molar-refractivity contribution in [3.8, 4) is 5.75 Å². The van der Waals surface area contributed by atoms with Gasteiger partial charge in [0.25, 0.3) is 5.91 Å². The average molecular weight is 432 g/mol. The van der Waals surface area contributed by atoms with E-state index in [1.54, 1.807) is 17.4 Å². The molecule has 8 heteroatoms. The quantitative estimate of drug-likeness (QED) is 0.768. The summed E-state index contributed by atoms with van der Waals surface area (Å²) in [7, 11) is 1.62. The van der Waals surface area contributed by atoms with E-state index in [1.807, 2.05) is 45.0 Å². The average Bonchev–Trinajstić information content (AvgIpc) is 3.21. The normalized spacial score (nSPS) is 15.0. The number of benzene rings is 1. The summed E-state index contributed by atoms with van der Waals surface area (Å²) in [5, 5.41) is 5.66. The number of hydrogen-bond donors (Lipinski definition) is 1. The Hall–Kier alpha value is -2.61. The van der Waals surface area contributed by atoms with Crippen LogP contribution in [0.2, 0.25) is 0 Å². The van der Waals surface area contributed by atoms with Crippen LogP contribution in [-0.2, 0) is 11.3 Å². The van der Waals surface area contributed by atoms with Gasteiger partial charge in [-0.3, -0.25) is 4.79 Å². The fourth-order valence-electron chi connectivity index (χ4n) is 3.23. The van der Waals surface area contributed by atoms with Crippen LogP contribution in [0.1, 0.15) is 60.6 Å². The molecule has 0 unspecified atom stereocenters. The van der Waals surface area contributed by atoms with Crippen LogP contribution >= 0.6 is 11.3 Å². The molecule has 0 saturated carbocycles. The van der Waals surface area contributed by atoms with Crippen LogP contribution < -0.4 is 10.1 Å². The summed E-state index contributed by atoms with van der Waals surface area (Å²) in [4.78, 5) is 31.0. The first-order chi connectivity index (χ1) is 14.2. The van der Waals surface area contributed by atoms with Crippen molar-refractivity contribution in [1.82, 2.24) is 15.2 Å². The molecule has 2 aromatic rings. The van der Waals surface area contributed by atoms with Gasteiger partial charge in [0, 0.05) is 30.9 Å². The molecule has 0 aliphatic carbocycles. The van der Waals surface area contributed by atoms with Crippen LogP contribution in [0.25, 0.3) is 0 Å². The van der Waals surface area contributed by atoms with Crippen molar-refractivity contribution >= 4 is 23.3 Å². The number of carbonyl (C=O) groups is 2. The Bertz CT molecular complexity index is 865. The number of ether oxygens (including phenoxy) is 2. The summed E-state index contributed by atoms with van der Waals surface area (Å²) >= 11 is 1.51. The Balaban J connectivity index is 1.50. The van der Waals surface area contributed by atoms with Gasteiger partial charge < -0.3 is 19.7 Å². The van der Waals surface area contributed by atoms with Gasteiger partial charge in [-0.2, -0.15) is 0 Å². The molecule has 7 nitrogen and oxygen atoms in total. The van der Waals surface area contributed by atoms with Crippen LogP contribution in [0.3, 0.4) is 0 Å². The molecular formula is C22H29N3O4S. The smallest absolute Gasteiger partial charge is 0.410 e. The predicted molar refractivity (Wildman–Crippen MR) is 116 cm³/mol. The van der Waals surface area contributed by atoms with E-state index in [9.17, 15) is 9.59 Å². The Labute approximate surface area is 181 Å². The van der Waals surface area contributed by atoms with Gasteiger partial charge in [0.2, 0.25) is 0 Å². The molecule has 1 aliphatic rings. The van der Waals surface area contributed by atoms with Gasteiger partial charge in [0.15, 0.2) is 0 Å². The number of piperidine rings is 1.